The lowest BCUT2D eigenvalue weighted by atomic mass is 9.80. The first-order chi connectivity index (χ1) is 15.9. The van der Waals surface area contributed by atoms with Crippen LogP contribution in [0.5, 0.6) is 0 Å². The Morgan fingerprint density at radius 2 is 0.972 bits per heavy atom. The zero-order valence-electron chi connectivity index (χ0n) is 24.2. The highest BCUT2D eigenvalue weighted by atomic mass is 79.9. The molecule has 0 amide bonds. The van der Waals surface area contributed by atoms with Crippen LogP contribution in [0.1, 0.15) is 89.5 Å². The molecule has 9 heteroatoms. The summed E-state index contributed by atoms with van der Waals surface area (Å²) in [5.41, 5.74) is -3.27. The Balaban J connectivity index is 5.94. The molecule has 0 bridgehead atoms. The fourth-order valence-electron chi connectivity index (χ4n) is 2.51. The van der Waals surface area contributed by atoms with E-state index in [2.05, 4.69) is 47.8 Å². The van der Waals surface area contributed by atoms with Crippen LogP contribution in [-0.4, -0.2) is 51.7 Å². The lowest BCUT2D eigenvalue weighted by molar-refractivity contribution is -0.175. The van der Waals surface area contributed by atoms with Gasteiger partial charge in [-0.25, -0.2) is 0 Å². The summed E-state index contributed by atoms with van der Waals surface area (Å²) in [6.07, 6.45) is 0.464. The summed E-state index contributed by atoms with van der Waals surface area (Å²) in [7, 11) is 0. The maximum atomic E-state index is 13.0. The maximum absolute atomic E-state index is 13.0. The van der Waals surface area contributed by atoms with Crippen LogP contribution in [0.15, 0.2) is 0 Å². The van der Waals surface area contributed by atoms with Gasteiger partial charge in [0.1, 0.15) is 19.8 Å². The fourth-order valence-corrected chi connectivity index (χ4v) is 3.65. The van der Waals surface area contributed by atoms with Crippen molar-refractivity contribution in [3.63, 3.8) is 0 Å². The number of esters is 3. The summed E-state index contributed by atoms with van der Waals surface area (Å²) in [4.78, 5) is 39.1. The number of ether oxygens (including phenoxy) is 3. The molecule has 0 spiro atoms. The van der Waals surface area contributed by atoms with Crippen molar-refractivity contribution >= 4 is 65.7 Å². The molecule has 0 heterocycles. The number of carbonyl (C=O) groups is 3. The van der Waals surface area contributed by atoms with Crippen molar-refractivity contribution in [3.05, 3.63) is 0 Å². The van der Waals surface area contributed by atoms with Gasteiger partial charge in [-0.05, 0) is 81.6 Å². The minimum absolute atomic E-state index is 0.0422. The lowest BCUT2D eigenvalue weighted by Crippen LogP contribution is -2.47. The molecular weight excluding hydrogens is 660 g/mol. The van der Waals surface area contributed by atoms with E-state index in [4.69, 9.17) is 14.2 Å². The average Bonchev–Trinajstić information content (AvgIpc) is 2.75. The molecule has 1 unspecified atom stereocenters. The molecule has 212 valence electrons. The van der Waals surface area contributed by atoms with E-state index in [1.54, 1.807) is 0 Å². The summed E-state index contributed by atoms with van der Waals surface area (Å²) in [6, 6.07) is 0. The van der Waals surface area contributed by atoms with Gasteiger partial charge in [0, 0.05) is 14.0 Å². The molecule has 36 heavy (non-hydrogen) atoms. The molecule has 0 aliphatic heterocycles. The van der Waals surface area contributed by atoms with Crippen LogP contribution in [0.3, 0.4) is 0 Å². The zero-order valence-corrected chi connectivity index (χ0v) is 29.0. The standard InChI is InChI=1S/C27H47Br3O6/c1-13-27(15-34-19(31)22(3,4)18(2)14-28,16-35-20(32)23(5,6)25(9,10)29)17-36-21(33)24(7,8)26(11,12)30/h18H,13-17H2,1-12H3. The van der Waals surface area contributed by atoms with Crippen LogP contribution in [0, 0.1) is 27.6 Å². The fraction of sp³-hybridized carbons (Fsp3) is 0.889. The highest BCUT2D eigenvalue weighted by Gasteiger charge is 2.47. The first-order valence-electron chi connectivity index (χ1n) is 12.4. The van der Waals surface area contributed by atoms with E-state index in [1.165, 1.54) is 0 Å². The third-order valence-corrected chi connectivity index (χ3v) is 11.2. The summed E-state index contributed by atoms with van der Waals surface area (Å²) in [5.74, 6) is -1.10. The van der Waals surface area contributed by atoms with E-state index in [-0.39, 0.29) is 31.7 Å². The minimum Gasteiger partial charge on any atom is -0.464 e. The van der Waals surface area contributed by atoms with E-state index in [0.29, 0.717) is 11.8 Å². The van der Waals surface area contributed by atoms with Crippen molar-refractivity contribution in [1.29, 1.82) is 0 Å². The van der Waals surface area contributed by atoms with Crippen LogP contribution >= 0.6 is 47.8 Å². The molecule has 0 aliphatic rings. The van der Waals surface area contributed by atoms with Crippen molar-refractivity contribution in [2.24, 2.45) is 27.6 Å². The molecule has 1 atom stereocenters. The first kappa shape index (κ1) is 35.9. The zero-order chi connectivity index (χ0) is 29.0. The van der Waals surface area contributed by atoms with Crippen LogP contribution < -0.4 is 0 Å². The van der Waals surface area contributed by atoms with Gasteiger partial charge >= 0.3 is 17.9 Å². The number of rotatable bonds is 14. The van der Waals surface area contributed by atoms with Crippen molar-refractivity contribution in [3.8, 4) is 0 Å². The largest absolute Gasteiger partial charge is 0.464 e. The third kappa shape index (κ3) is 8.69. The number of halogens is 3. The normalized spacial score (nSPS) is 14.8. The highest BCUT2D eigenvalue weighted by molar-refractivity contribution is 9.10. The second-order valence-electron chi connectivity index (χ2n) is 12.6. The summed E-state index contributed by atoms with van der Waals surface area (Å²) in [6.45, 7) is 22.3. The molecule has 0 aromatic heterocycles. The molecule has 6 nitrogen and oxygen atoms in total. The van der Waals surface area contributed by atoms with Gasteiger partial charge in [0.25, 0.3) is 0 Å². The molecule has 0 aromatic carbocycles. The maximum Gasteiger partial charge on any atom is 0.312 e. The topological polar surface area (TPSA) is 78.9 Å². The quantitative estimate of drug-likeness (QED) is 0.106. The van der Waals surface area contributed by atoms with Gasteiger partial charge in [-0.2, -0.15) is 0 Å². The van der Waals surface area contributed by atoms with Gasteiger partial charge in [-0.1, -0.05) is 61.6 Å². The number of carbonyl (C=O) groups excluding carboxylic acids is 3. The van der Waals surface area contributed by atoms with E-state index >= 15 is 0 Å². The molecular formula is C27H47Br3O6. The Bertz CT molecular complexity index is 733. The van der Waals surface area contributed by atoms with Gasteiger partial charge in [0.15, 0.2) is 0 Å². The van der Waals surface area contributed by atoms with E-state index < -0.39 is 42.2 Å². The smallest absolute Gasteiger partial charge is 0.312 e. The van der Waals surface area contributed by atoms with Crippen molar-refractivity contribution in [2.45, 2.75) is 98.2 Å². The Morgan fingerprint density at radius 3 is 1.22 bits per heavy atom. The van der Waals surface area contributed by atoms with Gasteiger partial charge in [-0.3, -0.25) is 14.4 Å². The number of alkyl halides is 3. The minimum atomic E-state index is -0.895. The molecule has 0 rings (SSSR count). The van der Waals surface area contributed by atoms with E-state index in [0.717, 1.165) is 0 Å². The average molecular weight is 707 g/mol. The van der Waals surface area contributed by atoms with Crippen LogP contribution in [0.25, 0.3) is 0 Å². The number of hydrogen-bond acceptors (Lipinski definition) is 6. The second kappa shape index (κ2) is 12.8. The number of hydrogen-bond donors (Lipinski definition) is 0. The van der Waals surface area contributed by atoms with E-state index in [1.807, 2.05) is 83.1 Å². The Labute approximate surface area is 244 Å². The van der Waals surface area contributed by atoms with Crippen molar-refractivity contribution in [1.82, 2.24) is 0 Å². The highest BCUT2D eigenvalue weighted by Crippen LogP contribution is 2.41. The van der Waals surface area contributed by atoms with Gasteiger partial charge in [-0.15, -0.1) is 0 Å². The predicted molar refractivity (Wildman–Crippen MR) is 156 cm³/mol. The summed E-state index contributed by atoms with van der Waals surface area (Å²) >= 11 is 10.6. The second-order valence-corrected chi connectivity index (χ2v) is 17.2. The lowest BCUT2D eigenvalue weighted by Gasteiger charge is -2.39. The molecule has 0 saturated heterocycles. The van der Waals surface area contributed by atoms with Crippen molar-refractivity contribution < 1.29 is 28.6 Å². The van der Waals surface area contributed by atoms with E-state index in [9.17, 15) is 14.4 Å². The Morgan fingerprint density at radius 1 is 0.667 bits per heavy atom. The summed E-state index contributed by atoms with van der Waals surface area (Å²) in [5, 5.41) is 0.651. The van der Waals surface area contributed by atoms with Gasteiger partial charge < -0.3 is 14.2 Å². The monoisotopic (exact) mass is 704 g/mol. The Hall–Kier alpha value is -0.150. The Kier molecular flexibility index (Phi) is 12.7. The summed E-state index contributed by atoms with van der Waals surface area (Å²) < 4.78 is 16.4. The molecule has 0 fully saturated rings. The van der Waals surface area contributed by atoms with Crippen LogP contribution in [0.4, 0.5) is 0 Å². The molecule has 0 aliphatic carbocycles. The van der Waals surface area contributed by atoms with Gasteiger partial charge in [0.2, 0.25) is 0 Å². The van der Waals surface area contributed by atoms with Gasteiger partial charge in [0.05, 0.1) is 21.7 Å². The molecule has 0 N–H and O–H groups in total. The SMILES string of the molecule is CCC(COC(=O)C(C)(C)C(C)CBr)(COC(=O)C(C)(C)C(C)(C)Br)COC(=O)C(C)(C)C(C)(C)Br. The molecule has 0 aromatic rings. The molecule has 0 radical (unpaired) electrons. The van der Waals surface area contributed by atoms with Crippen LogP contribution in [0.2, 0.25) is 0 Å². The predicted octanol–water partition coefficient (Wildman–Crippen LogP) is 7.47. The first-order valence-corrected chi connectivity index (χ1v) is 15.1. The van der Waals surface area contributed by atoms with Crippen molar-refractivity contribution in [2.75, 3.05) is 25.2 Å². The third-order valence-electron chi connectivity index (χ3n) is 8.26. The van der Waals surface area contributed by atoms with Crippen LogP contribution in [-0.2, 0) is 28.6 Å². The molecule has 0 saturated carbocycles.